The van der Waals surface area contributed by atoms with E-state index >= 15 is 0 Å². The molecule has 0 unspecified atom stereocenters. The Bertz CT molecular complexity index is 700. The van der Waals surface area contributed by atoms with Crippen molar-refractivity contribution in [2.45, 2.75) is 64.1 Å². The molecule has 148 valence electrons. The van der Waals surface area contributed by atoms with Crippen LogP contribution in [0.25, 0.3) is 0 Å². The lowest BCUT2D eigenvalue weighted by molar-refractivity contribution is 0.300. The van der Waals surface area contributed by atoms with E-state index in [0.29, 0.717) is 12.6 Å². The highest BCUT2D eigenvalue weighted by Crippen LogP contribution is 2.26. The first-order valence-corrected chi connectivity index (χ1v) is 10.4. The molecule has 0 aliphatic heterocycles. The van der Waals surface area contributed by atoms with Gasteiger partial charge in [-0.3, -0.25) is 0 Å². The molecule has 1 aliphatic rings. The van der Waals surface area contributed by atoms with Crippen molar-refractivity contribution in [3.8, 4) is 5.75 Å². The van der Waals surface area contributed by atoms with E-state index in [1.54, 1.807) is 0 Å². The molecule has 1 saturated carbocycles. The molecule has 0 spiro atoms. The zero-order valence-electron chi connectivity index (χ0n) is 15.6. The van der Waals surface area contributed by atoms with Gasteiger partial charge in [-0.1, -0.05) is 73.5 Å². The van der Waals surface area contributed by atoms with Crippen LogP contribution in [0.5, 0.6) is 5.75 Å². The van der Waals surface area contributed by atoms with Gasteiger partial charge in [0, 0.05) is 33.8 Å². The number of ether oxygens (including phenoxy) is 1. The molecular weight excluding hydrogens is 401 g/mol. The number of rotatable bonds is 6. The van der Waals surface area contributed by atoms with Crippen molar-refractivity contribution in [1.29, 1.82) is 0 Å². The molecule has 1 fully saturated rings. The second-order valence-corrected chi connectivity index (χ2v) is 7.90. The average Bonchev–Trinajstić information content (AvgIpc) is 2.61. The SMILES string of the molecule is Cl.Clc1ccc(OCc2ccccc2Cl)c(CNC2CCCCCCC2)c1. The van der Waals surface area contributed by atoms with E-state index in [2.05, 4.69) is 5.32 Å². The largest absolute Gasteiger partial charge is 0.489 e. The number of halogens is 3. The Kier molecular flexibility index (Phi) is 9.78. The topological polar surface area (TPSA) is 21.3 Å². The van der Waals surface area contributed by atoms with Crippen molar-refractivity contribution < 1.29 is 4.74 Å². The summed E-state index contributed by atoms with van der Waals surface area (Å²) in [6.45, 7) is 1.24. The smallest absolute Gasteiger partial charge is 0.124 e. The molecule has 1 N–H and O–H groups in total. The molecule has 5 heteroatoms. The predicted octanol–water partition coefficient (Wildman–Crippen LogP) is 7.20. The lowest BCUT2D eigenvalue weighted by Crippen LogP contribution is -2.29. The van der Waals surface area contributed by atoms with Crippen molar-refractivity contribution in [2.75, 3.05) is 0 Å². The van der Waals surface area contributed by atoms with Gasteiger partial charge in [0.2, 0.25) is 0 Å². The van der Waals surface area contributed by atoms with Crippen molar-refractivity contribution >= 4 is 35.6 Å². The van der Waals surface area contributed by atoms with Gasteiger partial charge in [-0.15, -0.1) is 12.4 Å². The van der Waals surface area contributed by atoms with Gasteiger partial charge >= 0.3 is 0 Å². The second-order valence-electron chi connectivity index (χ2n) is 7.06. The van der Waals surface area contributed by atoms with E-state index in [1.165, 1.54) is 44.9 Å². The first-order chi connectivity index (χ1) is 12.7. The molecule has 0 atom stereocenters. The maximum Gasteiger partial charge on any atom is 0.124 e. The van der Waals surface area contributed by atoms with Gasteiger partial charge in [-0.05, 0) is 37.1 Å². The first-order valence-electron chi connectivity index (χ1n) is 9.60. The van der Waals surface area contributed by atoms with E-state index in [9.17, 15) is 0 Å². The Balaban J connectivity index is 0.00000261. The maximum absolute atomic E-state index is 6.23. The third kappa shape index (κ3) is 7.19. The molecule has 2 nitrogen and oxygen atoms in total. The summed E-state index contributed by atoms with van der Waals surface area (Å²) in [5, 5.41) is 5.19. The molecule has 0 amide bonds. The minimum Gasteiger partial charge on any atom is -0.489 e. The van der Waals surface area contributed by atoms with Crippen molar-refractivity contribution in [3.63, 3.8) is 0 Å². The monoisotopic (exact) mass is 427 g/mol. The van der Waals surface area contributed by atoms with Crippen LogP contribution in [0.1, 0.15) is 56.1 Å². The maximum atomic E-state index is 6.23. The van der Waals surface area contributed by atoms with Crippen LogP contribution in [0.15, 0.2) is 42.5 Å². The zero-order chi connectivity index (χ0) is 18.2. The van der Waals surface area contributed by atoms with Crippen molar-refractivity contribution in [1.82, 2.24) is 5.32 Å². The van der Waals surface area contributed by atoms with E-state index < -0.39 is 0 Å². The van der Waals surface area contributed by atoms with Gasteiger partial charge in [0.25, 0.3) is 0 Å². The summed E-state index contributed by atoms with van der Waals surface area (Å²) in [5.41, 5.74) is 2.09. The fourth-order valence-electron chi connectivity index (χ4n) is 3.51. The Morgan fingerprint density at radius 2 is 1.59 bits per heavy atom. The van der Waals surface area contributed by atoms with Crippen LogP contribution >= 0.6 is 35.6 Å². The third-order valence-corrected chi connectivity index (χ3v) is 5.65. The third-order valence-electron chi connectivity index (χ3n) is 5.05. The Hall–Kier alpha value is -0.930. The molecule has 1 aliphatic carbocycles. The standard InChI is InChI=1S/C22H27Cl2NO.ClH/c23-19-12-13-22(26-16-17-8-6-7-11-21(17)24)18(14-19)15-25-20-9-4-2-1-3-5-10-20;/h6-8,11-14,20,25H,1-5,9-10,15-16H2;1H. The highest BCUT2D eigenvalue weighted by atomic mass is 35.5. The number of nitrogens with one attached hydrogen (secondary N) is 1. The highest BCUT2D eigenvalue weighted by Gasteiger charge is 2.13. The van der Waals surface area contributed by atoms with Gasteiger partial charge in [0.05, 0.1) is 0 Å². The molecule has 27 heavy (non-hydrogen) atoms. The molecule has 0 aromatic heterocycles. The van der Waals surface area contributed by atoms with Gasteiger partial charge in [-0.2, -0.15) is 0 Å². The summed E-state index contributed by atoms with van der Waals surface area (Å²) in [7, 11) is 0. The number of benzene rings is 2. The average molecular weight is 429 g/mol. The molecular formula is C22H28Cl3NO. The summed E-state index contributed by atoms with van der Waals surface area (Å²) in [6.07, 6.45) is 9.28. The van der Waals surface area contributed by atoms with Crippen LogP contribution in [-0.4, -0.2) is 6.04 Å². The number of hydrogen-bond donors (Lipinski definition) is 1. The van der Waals surface area contributed by atoms with Gasteiger partial charge in [0.1, 0.15) is 12.4 Å². The van der Waals surface area contributed by atoms with Gasteiger partial charge in [0.15, 0.2) is 0 Å². The summed E-state index contributed by atoms with van der Waals surface area (Å²) < 4.78 is 6.06. The van der Waals surface area contributed by atoms with E-state index in [0.717, 1.165) is 33.5 Å². The summed E-state index contributed by atoms with van der Waals surface area (Å²) >= 11 is 12.5. The second kappa shape index (κ2) is 11.8. The van der Waals surface area contributed by atoms with Crippen LogP contribution in [0, 0.1) is 0 Å². The highest BCUT2D eigenvalue weighted by molar-refractivity contribution is 6.31. The fourth-order valence-corrected chi connectivity index (χ4v) is 3.90. The van der Waals surface area contributed by atoms with Crippen LogP contribution in [0.3, 0.4) is 0 Å². The summed E-state index contributed by atoms with van der Waals surface area (Å²) in [5.74, 6) is 0.868. The first kappa shape index (κ1) is 22.4. The van der Waals surface area contributed by atoms with Crippen LogP contribution in [0.4, 0.5) is 0 Å². The Morgan fingerprint density at radius 1 is 0.889 bits per heavy atom. The van der Waals surface area contributed by atoms with Gasteiger partial charge < -0.3 is 10.1 Å². The lowest BCUT2D eigenvalue weighted by atomic mass is 9.96. The van der Waals surface area contributed by atoms with Crippen molar-refractivity contribution in [2.24, 2.45) is 0 Å². The molecule has 3 rings (SSSR count). The van der Waals surface area contributed by atoms with Crippen LogP contribution in [-0.2, 0) is 13.2 Å². The molecule has 2 aromatic rings. The van der Waals surface area contributed by atoms with Gasteiger partial charge in [-0.25, -0.2) is 0 Å². The molecule has 0 saturated heterocycles. The minimum atomic E-state index is 0. The number of hydrogen-bond acceptors (Lipinski definition) is 2. The zero-order valence-corrected chi connectivity index (χ0v) is 17.9. The van der Waals surface area contributed by atoms with Crippen LogP contribution < -0.4 is 10.1 Å². The normalized spacial score (nSPS) is 15.5. The fraction of sp³-hybridized carbons (Fsp3) is 0.455. The molecule has 0 radical (unpaired) electrons. The predicted molar refractivity (Wildman–Crippen MR) is 117 cm³/mol. The molecule has 2 aromatic carbocycles. The molecule has 0 heterocycles. The van der Waals surface area contributed by atoms with Crippen molar-refractivity contribution in [3.05, 3.63) is 63.6 Å². The van der Waals surface area contributed by atoms with E-state index in [4.69, 9.17) is 27.9 Å². The summed E-state index contributed by atoms with van der Waals surface area (Å²) in [4.78, 5) is 0. The molecule has 0 bridgehead atoms. The summed E-state index contributed by atoms with van der Waals surface area (Å²) in [6, 6.07) is 14.2. The van der Waals surface area contributed by atoms with Crippen LogP contribution in [0.2, 0.25) is 10.0 Å². The minimum absolute atomic E-state index is 0. The van der Waals surface area contributed by atoms with E-state index in [1.807, 2.05) is 42.5 Å². The lowest BCUT2D eigenvalue weighted by Gasteiger charge is -2.22. The quantitative estimate of drug-likeness (QED) is 0.525. The Morgan fingerprint density at radius 3 is 2.33 bits per heavy atom. The Labute approximate surface area is 179 Å². The van der Waals surface area contributed by atoms with E-state index in [-0.39, 0.29) is 12.4 Å².